The highest BCUT2D eigenvalue weighted by molar-refractivity contribution is 6.25. The van der Waals surface area contributed by atoms with Crippen LogP contribution in [0.1, 0.15) is 0 Å². The van der Waals surface area contributed by atoms with Gasteiger partial charge >= 0.3 is 0 Å². The summed E-state index contributed by atoms with van der Waals surface area (Å²) in [5.74, 6) is 0. The average molecular weight is 431 g/mol. The predicted octanol–water partition coefficient (Wildman–Crippen LogP) is 9.58. The first-order chi connectivity index (χ1) is 16.8. The van der Waals surface area contributed by atoms with Crippen LogP contribution in [0, 0.1) is 0 Å². The Balaban J connectivity index is 1.29. The van der Waals surface area contributed by atoms with Crippen LogP contribution >= 0.6 is 0 Å². The van der Waals surface area contributed by atoms with E-state index in [0.29, 0.717) is 0 Å². The molecule has 34 heavy (non-hydrogen) atoms. The molecule has 0 spiro atoms. The Morgan fingerprint density at radius 2 is 0.735 bits per heavy atom. The molecular weight excluding hydrogens is 408 g/mol. The van der Waals surface area contributed by atoms with Crippen LogP contribution in [0.4, 0.5) is 0 Å². The van der Waals surface area contributed by atoms with E-state index in [1.807, 2.05) is 0 Å². The van der Waals surface area contributed by atoms with E-state index in [4.69, 9.17) is 0 Å². The zero-order valence-electron chi connectivity index (χ0n) is 18.7. The Morgan fingerprint density at radius 1 is 0.265 bits per heavy atom. The lowest BCUT2D eigenvalue weighted by Crippen LogP contribution is -1.87. The van der Waals surface area contributed by atoms with Crippen LogP contribution in [0.25, 0.3) is 65.7 Å². The Bertz CT molecular complexity index is 1740. The maximum Gasteiger partial charge on any atom is -0.00206 e. The summed E-state index contributed by atoms with van der Waals surface area (Å²) >= 11 is 0. The van der Waals surface area contributed by atoms with Crippen molar-refractivity contribution >= 4 is 32.3 Å². The number of benzene rings is 7. The number of hydrogen-bond donors (Lipinski definition) is 0. The Kier molecular flexibility index (Phi) is 4.25. The molecule has 0 fully saturated rings. The second-order valence-electron chi connectivity index (χ2n) is 8.99. The summed E-state index contributed by atoms with van der Waals surface area (Å²) < 4.78 is 0. The molecule has 0 aliphatic heterocycles. The fraction of sp³-hybridized carbons (Fsp3) is 0. The minimum absolute atomic E-state index is 1.24. The summed E-state index contributed by atoms with van der Waals surface area (Å²) in [6.07, 6.45) is 0. The molecule has 0 aliphatic carbocycles. The first-order valence-corrected chi connectivity index (χ1v) is 11.8. The van der Waals surface area contributed by atoms with Gasteiger partial charge in [-0.05, 0) is 65.7 Å². The smallest absolute Gasteiger partial charge is 0.00206 e. The molecule has 158 valence electrons. The summed E-state index contributed by atoms with van der Waals surface area (Å²) in [6.45, 7) is 0. The predicted molar refractivity (Wildman–Crippen MR) is 146 cm³/mol. The van der Waals surface area contributed by atoms with Crippen molar-refractivity contribution in [2.75, 3.05) is 0 Å². The molecule has 0 nitrogen and oxygen atoms in total. The van der Waals surface area contributed by atoms with Gasteiger partial charge in [-0.3, -0.25) is 0 Å². The molecule has 7 aromatic carbocycles. The third-order valence-electron chi connectivity index (χ3n) is 7.05. The molecule has 0 atom stereocenters. The largest absolute Gasteiger partial charge is 0.0622 e. The first-order valence-electron chi connectivity index (χ1n) is 11.8. The zero-order valence-corrected chi connectivity index (χ0v) is 18.7. The Hall–Kier alpha value is -4.42. The average Bonchev–Trinajstić information content (AvgIpc) is 2.92. The lowest BCUT2D eigenvalue weighted by molar-refractivity contribution is 1.58. The van der Waals surface area contributed by atoms with Crippen LogP contribution in [0.2, 0.25) is 0 Å². The van der Waals surface area contributed by atoms with Crippen molar-refractivity contribution in [1.82, 2.24) is 0 Å². The van der Waals surface area contributed by atoms with Crippen molar-refractivity contribution in [2.45, 2.75) is 0 Å². The Morgan fingerprint density at radius 3 is 1.35 bits per heavy atom. The maximum atomic E-state index is 2.29. The van der Waals surface area contributed by atoms with E-state index in [2.05, 4.69) is 133 Å². The molecule has 0 saturated carbocycles. The molecule has 0 aromatic heterocycles. The van der Waals surface area contributed by atoms with Crippen molar-refractivity contribution in [2.24, 2.45) is 0 Å². The van der Waals surface area contributed by atoms with Crippen LogP contribution in [-0.4, -0.2) is 0 Å². The normalized spacial score (nSPS) is 11.5. The molecule has 0 aliphatic rings. The fourth-order valence-corrected chi connectivity index (χ4v) is 5.32. The second kappa shape index (κ2) is 7.57. The van der Waals surface area contributed by atoms with Gasteiger partial charge in [-0.1, -0.05) is 133 Å². The van der Waals surface area contributed by atoms with Crippen LogP contribution in [0.5, 0.6) is 0 Å². The van der Waals surface area contributed by atoms with Crippen LogP contribution < -0.4 is 0 Å². The van der Waals surface area contributed by atoms with E-state index in [1.54, 1.807) is 0 Å². The van der Waals surface area contributed by atoms with Crippen molar-refractivity contribution in [1.29, 1.82) is 0 Å². The third kappa shape index (κ3) is 3.00. The quantitative estimate of drug-likeness (QED) is 0.245. The summed E-state index contributed by atoms with van der Waals surface area (Å²) in [5.41, 5.74) is 7.51. The molecule has 7 rings (SSSR count). The van der Waals surface area contributed by atoms with Gasteiger partial charge in [0.15, 0.2) is 0 Å². The van der Waals surface area contributed by atoms with Gasteiger partial charge in [0.2, 0.25) is 0 Å². The number of hydrogen-bond acceptors (Lipinski definition) is 0. The molecule has 0 bridgehead atoms. The zero-order chi connectivity index (χ0) is 22.5. The standard InChI is InChI=1S/C34H22/c1-2-5-23(6-3-1)24-9-11-25(12-10-24)26-13-15-27(16-14-26)31-21-19-30-18-17-28-7-4-8-29-20-22-32(31)34(30)33(28)29/h1-22H. The maximum absolute atomic E-state index is 2.29. The summed E-state index contributed by atoms with van der Waals surface area (Å²) in [7, 11) is 0. The monoisotopic (exact) mass is 430 g/mol. The van der Waals surface area contributed by atoms with Gasteiger partial charge in [-0.15, -0.1) is 0 Å². The molecule has 0 radical (unpaired) electrons. The SMILES string of the molecule is c1ccc(-c2ccc(-c3ccc(-c4ccc5ccc6cccc7ccc4c5c67)cc3)cc2)cc1. The van der Waals surface area contributed by atoms with Gasteiger partial charge in [0.25, 0.3) is 0 Å². The van der Waals surface area contributed by atoms with E-state index >= 15 is 0 Å². The van der Waals surface area contributed by atoms with E-state index in [9.17, 15) is 0 Å². The van der Waals surface area contributed by atoms with Crippen molar-refractivity contribution < 1.29 is 0 Å². The van der Waals surface area contributed by atoms with Crippen LogP contribution in [0.3, 0.4) is 0 Å². The van der Waals surface area contributed by atoms with Crippen LogP contribution in [0.15, 0.2) is 133 Å². The van der Waals surface area contributed by atoms with E-state index in [1.165, 1.54) is 65.7 Å². The van der Waals surface area contributed by atoms with Gasteiger partial charge in [0.1, 0.15) is 0 Å². The highest BCUT2D eigenvalue weighted by Gasteiger charge is 2.12. The lowest BCUT2D eigenvalue weighted by Gasteiger charge is -2.14. The fourth-order valence-electron chi connectivity index (χ4n) is 5.32. The minimum atomic E-state index is 1.24. The first kappa shape index (κ1) is 19.1. The summed E-state index contributed by atoms with van der Waals surface area (Å²) in [6, 6.07) is 48.5. The molecule has 7 aromatic rings. The highest BCUT2D eigenvalue weighted by atomic mass is 14.2. The van der Waals surface area contributed by atoms with Crippen molar-refractivity contribution in [3.63, 3.8) is 0 Å². The topological polar surface area (TPSA) is 0 Å². The highest BCUT2D eigenvalue weighted by Crippen LogP contribution is 2.39. The Labute approximate surface area is 199 Å². The summed E-state index contributed by atoms with van der Waals surface area (Å²) in [5, 5.41) is 7.98. The number of rotatable bonds is 3. The molecular formula is C34H22. The van der Waals surface area contributed by atoms with E-state index < -0.39 is 0 Å². The lowest BCUT2D eigenvalue weighted by atomic mass is 9.89. The van der Waals surface area contributed by atoms with E-state index in [-0.39, 0.29) is 0 Å². The molecule has 0 amide bonds. The molecule has 0 heteroatoms. The van der Waals surface area contributed by atoms with Crippen LogP contribution in [-0.2, 0) is 0 Å². The van der Waals surface area contributed by atoms with Gasteiger partial charge in [-0.25, -0.2) is 0 Å². The van der Waals surface area contributed by atoms with Gasteiger partial charge in [0, 0.05) is 0 Å². The molecule has 0 heterocycles. The minimum Gasteiger partial charge on any atom is -0.0622 e. The molecule has 0 unspecified atom stereocenters. The van der Waals surface area contributed by atoms with Gasteiger partial charge in [0.05, 0.1) is 0 Å². The van der Waals surface area contributed by atoms with Crippen molar-refractivity contribution in [3.8, 4) is 33.4 Å². The summed E-state index contributed by atoms with van der Waals surface area (Å²) in [4.78, 5) is 0. The van der Waals surface area contributed by atoms with Gasteiger partial charge < -0.3 is 0 Å². The van der Waals surface area contributed by atoms with Gasteiger partial charge in [-0.2, -0.15) is 0 Å². The van der Waals surface area contributed by atoms with E-state index in [0.717, 1.165) is 0 Å². The molecule has 0 saturated heterocycles. The third-order valence-corrected chi connectivity index (χ3v) is 7.05. The second-order valence-corrected chi connectivity index (χ2v) is 8.99. The molecule has 0 N–H and O–H groups in total. The van der Waals surface area contributed by atoms with Crippen molar-refractivity contribution in [3.05, 3.63) is 133 Å².